The van der Waals surface area contributed by atoms with E-state index in [0.29, 0.717) is 29.5 Å². The van der Waals surface area contributed by atoms with Crippen LogP contribution < -0.4 is 15.2 Å². The Morgan fingerprint density at radius 3 is 2.82 bits per heavy atom. The van der Waals surface area contributed by atoms with E-state index in [9.17, 15) is 0 Å². The van der Waals surface area contributed by atoms with E-state index in [0.717, 1.165) is 12.8 Å². The van der Waals surface area contributed by atoms with Gasteiger partial charge in [0.25, 0.3) is 0 Å². The van der Waals surface area contributed by atoms with Crippen molar-refractivity contribution in [2.75, 3.05) is 13.7 Å². The highest BCUT2D eigenvalue weighted by Gasteiger charge is 2.30. The molecule has 2 rings (SSSR count). The normalized spacial score (nSPS) is 22.4. The first-order chi connectivity index (χ1) is 8.26. The molecule has 0 aromatic heterocycles. The number of methoxy groups -OCH3 is 1. The predicted molar refractivity (Wildman–Crippen MR) is 63.9 cm³/mol. The Hall–Kier alpha value is -1.73. The summed E-state index contributed by atoms with van der Waals surface area (Å²) in [5, 5.41) is 8.99. The van der Waals surface area contributed by atoms with Crippen LogP contribution in [0.1, 0.15) is 18.4 Å². The average molecular weight is 232 g/mol. The number of nitrogens with zero attached hydrogens (tertiary/aromatic N) is 1. The van der Waals surface area contributed by atoms with E-state index in [1.165, 1.54) is 0 Å². The third-order valence-corrected chi connectivity index (χ3v) is 3.13. The van der Waals surface area contributed by atoms with Crippen molar-refractivity contribution < 1.29 is 9.47 Å². The molecule has 4 heteroatoms. The molecule has 0 radical (unpaired) electrons. The summed E-state index contributed by atoms with van der Waals surface area (Å²) in [4.78, 5) is 0. The van der Waals surface area contributed by atoms with Crippen molar-refractivity contribution >= 4 is 0 Å². The van der Waals surface area contributed by atoms with Crippen molar-refractivity contribution in [1.29, 1.82) is 5.26 Å². The maximum Gasteiger partial charge on any atom is 0.141 e. The fourth-order valence-electron chi connectivity index (χ4n) is 1.96. The molecule has 0 spiro atoms. The van der Waals surface area contributed by atoms with Crippen LogP contribution in [0.2, 0.25) is 0 Å². The zero-order valence-electron chi connectivity index (χ0n) is 9.85. The second-order valence-corrected chi connectivity index (χ2v) is 4.29. The molecule has 0 unspecified atom stereocenters. The van der Waals surface area contributed by atoms with Gasteiger partial charge in [-0.3, -0.25) is 0 Å². The van der Waals surface area contributed by atoms with Gasteiger partial charge in [-0.25, -0.2) is 0 Å². The number of nitriles is 1. The smallest absolute Gasteiger partial charge is 0.141 e. The van der Waals surface area contributed by atoms with Crippen molar-refractivity contribution in [1.82, 2.24) is 0 Å². The molecule has 90 valence electrons. The summed E-state index contributed by atoms with van der Waals surface area (Å²) in [7, 11) is 1.60. The molecule has 1 aliphatic rings. The van der Waals surface area contributed by atoms with Crippen molar-refractivity contribution in [3.63, 3.8) is 0 Å². The van der Waals surface area contributed by atoms with E-state index in [4.69, 9.17) is 20.5 Å². The van der Waals surface area contributed by atoms with Gasteiger partial charge in [-0.2, -0.15) is 5.26 Å². The van der Waals surface area contributed by atoms with E-state index in [2.05, 4.69) is 6.07 Å². The monoisotopic (exact) mass is 232 g/mol. The molecule has 0 atom stereocenters. The zero-order valence-corrected chi connectivity index (χ0v) is 9.85. The lowest BCUT2D eigenvalue weighted by atomic mass is 9.82. The summed E-state index contributed by atoms with van der Waals surface area (Å²) in [6, 6.07) is 7.35. The Morgan fingerprint density at radius 2 is 2.24 bits per heavy atom. The lowest BCUT2D eigenvalue weighted by Crippen LogP contribution is -2.37. The van der Waals surface area contributed by atoms with Crippen molar-refractivity contribution in [3.05, 3.63) is 23.8 Å². The molecule has 1 aromatic carbocycles. The largest absolute Gasteiger partial charge is 0.497 e. The van der Waals surface area contributed by atoms with Crippen LogP contribution in [0.5, 0.6) is 11.5 Å². The van der Waals surface area contributed by atoms with Crippen LogP contribution >= 0.6 is 0 Å². The fourth-order valence-corrected chi connectivity index (χ4v) is 1.96. The maximum atomic E-state index is 8.99. The first-order valence-electron chi connectivity index (χ1n) is 5.71. The summed E-state index contributed by atoms with van der Waals surface area (Å²) in [6.45, 7) is 0.711. The van der Waals surface area contributed by atoms with E-state index in [-0.39, 0.29) is 6.10 Å². The second kappa shape index (κ2) is 5.07. The molecule has 2 N–H and O–H groups in total. The third kappa shape index (κ3) is 2.51. The zero-order chi connectivity index (χ0) is 12.3. The van der Waals surface area contributed by atoms with Crippen LogP contribution in [0.25, 0.3) is 0 Å². The molecule has 0 heterocycles. The molecular formula is C13H16N2O2. The Labute approximate surface area is 101 Å². The Kier molecular flexibility index (Phi) is 3.50. The molecule has 0 amide bonds. The lowest BCUT2D eigenvalue weighted by Gasteiger charge is -2.34. The van der Waals surface area contributed by atoms with Crippen LogP contribution in [0.3, 0.4) is 0 Å². The molecule has 0 saturated heterocycles. The average Bonchev–Trinajstić information content (AvgIpc) is 2.32. The van der Waals surface area contributed by atoms with Gasteiger partial charge in [-0.1, -0.05) is 0 Å². The van der Waals surface area contributed by atoms with Crippen LogP contribution in [0.15, 0.2) is 18.2 Å². The highest BCUT2D eigenvalue weighted by Crippen LogP contribution is 2.33. The van der Waals surface area contributed by atoms with Gasteiger partial charge in [0.1, 0.15) is 17.6 Å². The Balaban J connectivity index is 2.07. The van der Waals surface area contributed by atoms with E-state index < -0.39 is 0 Å². The quantitative estimate of drug-likeness (QED) is 0.857. The molecule has 0 bridgehead atoms. The van der Waals surface area contributed by atoms with E-state index in [1.54, 1.807) is 25.3 Å². The first-order valence-corrected chi connectivity index (χ1v) is 5.71. The predicted octanol–water partition coefficient (Wildman–Crippen LogP) is 1.68. The molecule has 1 aliphatic carbocycles. The number of benzene rings is 1. The minimum atomic E-state index is 0.183. The molecule has 1 fully saturated rings. The van der Waals surface area contributed by atoms with Gasteiger partial charge < -0.3 is 15.2 Å². The van der Waals surface area contributed by atoms with Gasteiger partial charge in [-0.05, 0) is 37.4 Å². The van der Waals surface area contributed by atoms with Crippen LogP contribution in [0.4, 0.5) is 0 Å². The summed E-state index contributed by atoms with van der Waals surface area (Å²) < 4.78 is 10.9. The SMILES string of the molecule is COc1ccc(C#N)c(OC2CC(CN)C2)c1. The Bertz CT molecular complexity index is 434. The van der Waals surface area contributed by atoms with Crippen molar-refractivity contribution in [2.45, 2.75) is 18.9 Å². The second-order valence-electron chi connectivity index (χ2n) is 4.29. The van der Waals surface area contributed by atoms with E-state index >= 15 is 0 Å². The molecule has 17 heavy (non-hydrogen) atoms. The lowest BCUT2D eigenvalue weighted by molar-refractivity contribution is 0.0686. The number of ether oxygens (including phenoxy) is 2. The van der Waals surface area contributed by atoms with Gasteiger partial charge in [0.15, 0.2) is 0 Å². The molecule has 1 saturated carbocycles. The van der Waals surface area contributed by atoms with Gasteiger partial charge in [0.05, 0.1) is 18.8 Å². The molecule has 0 aliphatic heterocycles. The van der Waals surface area contributed by atoms with E-state index in [1.807, 2.05) is 0 Å². The third-order valence-electron chi connectivity index (χ3n) is 3.13. The first kappa shape index (κ1) is 11.7. The number of hydrogen-bond donors (Lipinski definition) is 1. The number of rotatable bonds is 4. The number of hydrogen-bond acceptors (Lipinski definition) is 4. The minimum Gasteiger partial charge on any atom is -0.497 e. The van der Waals surface area contributed by atoms with Crippen LogP contribution in [-0.2, 0) is 0 Å². The van der Waals surface area contributed by atoms with Crippen LogP contribution in [-0.4, -0.2) is 19.8 Å². The standard InChI is InChI=1S/C13H16N2O2/c1-16-11-3-2-10(8-15)13(6-11)17-12-4-9(5-12)7-14/h2-3,6,9,12H,4-5,7,14H2,1H3. The fraction of sp³-hybridized carbons (Fsp3) is 0.462. The minimum absolute atomic E-state index is 0.183. The topological polar surface area (TPSA) is 68.3 Å². The van der Waals surface area contributed by atoms with Gasteiger partial charge >= 0.3 is 0 Å². The van der Waals surface area contributed by atoms with Crippen LogP contribution in [0, 0.1) is 17.2 Å². The summed E-state index contributed by atoms with van der Waals surface area (Å²) in [5.41, 5.74) is 6.11. The van der Waals surface area contributed by atoms with Crippen molar-refractivity contribution in [3.8, 4) is 17.6 Å². The maximum absolute atomic E-state index is 8.99. The summed E-state index contributed by atoms with van der Waals surface area (Å²) >= 11 is 0. The molecule has 1 aromatic rings. The summed E-state index contributed by atoms with van der Waals surface area (Å²) in [5.74, 6) is 1.87. The van der Waals surface area contributed by atoms with Gasteiger partial charge in [0.2, 0.25) is 0 Å². The van der Waals surface area contributed by atoms with Crippen molar-refractivity contribution in [2.24, 2.45) is 11.7 Å². The Morgan fingerprint density at radius 1 is 1.47 bits per heavy atom. The molecule has 4 nitrogen and oxygen atoms in total. The molecular weight excluding hydrogens is 216 g/mol. The van der Waals surface area contributed by atoms with Gasteiger partial charge in [0, 0.05) is 6.07 Å². The number of nitrogens with two attached hydrogens (primary N) is 1. The summed E-state index contributed by atoms with van der Waals surface area (Å²) in [6.07, 6.45) is 2.12. The van der Waals surface area contributed by atoms with Gasteiger partial charge in [-0.15, -0.1) is 0 Å². The highest BCUT2D eigenvalue weighted by molar-refractivity contribution is 5.47. The highest BCUT2D eigenvalue weighted by atomic mass is 16.5.